The number of carboxylic acids is 2. The molecular formula is C64H93N15O17. The molecule has 0 spiro atoms. The second-order valence-electron chi connectivity index (χ2n) is 23.5. The first-order valence-corrected chi connectivity index (χ1v) is 31.5. The summed E-state index contributed by atoms with van der Waals surface area (Å²) in [7, 11) is 0. The molecule has 0 unspecified atom stereocenters. The number of phenols is 2. The average molecular weight is 1340 g/mol. The Kier molecular flexibility index (Phi) is 34.4. The van der Waals surface area contributed by atoms with E-state index in [1.165, 1.54) is 62.4 Å². The first kappa shape index (κ1) is 79.8. The Labute approximate surface area is 555 Å². The Balaban J connectivity index is 1.89. The number of rotatable bonds is 43. The van der Waals surface area contributed by atoms with Crippen LogP contribution < -0.4 is 76.1 Å². The lowest BCUT2D eigenvalue weighted by Crippen LogP contribution is -2.60. The van der Waals surface area contributed by atoms with Gasteiger partial charge in [0.05, 0.1) is 0 Å². The minimum Gasteiger partial charge on any atom is -0.508 e. The van der Waals surface area contributed by atoms with Crippen LogP contribution in [0.25, 0.3) is 0 Å². The molecule has 0 fully saturated rings. The molecule has 0 bridgehead atoms. The molecule has 526 valence electrons. The lowest BCUT2D eigenvalue weighted by atomic mass is 10.0. The monoisotopic (exact) mass is 1340 g/mol. The van der Waals surface area contributed by atoms with Crippen LogP contribution in [0.1, 0.15) is 122 Å². The number of nitrogens with zero attached hydrogens (tertiary/aromatic N) is 1. The Morgan fingerprint density at radius 2 is 0.792 bits per heavy atom. The molecule has 3 rings (SSSR count). The molecule has 96 heavy (non-hydrogen) atoms. The third-order valence-corrected chi connectivity index (χ3v) is 14.8. The molecule has 0 aliphatic carbocycles. The summed E-state index contributed by atoms with van der Waals surface area (Å²) in [5.74, 6) is -13.3. The zero-order valence-electron chi connectivity index (χ0n) is 54.5. The second kappa shape index (κ2) is 41.3. The zero-order valence-corrected chi connectivity index (χ0v) is 54.5. The van der Waals surface area contributed by atoms with Gasteiger partial charge in [0.2, 0.25) is 65.0 Å². The van der Waals surface area contributed by atoms with E-state index in [-0.39, 0.29) is 87.8 Å². The van der Waals surface area contributed by atoms with Crippen LogP contribution in [0.3, 0.4) is 0 Å². The van der Waals surface area contributed by atoms with E-state index in [4.69, 9.17) is 22.9 Å². The number of aromatic hydroxyl groups is 2. The number of aliphatic imine (C=N–C) groups is 1. The predicted molar refractivity (Wildman–Crippen MR) is 350 cm³/mol. The van der Waals surface area contributed by atoms with Gasteiger partial charge in [-0.3, -0.25) is 62.5 Å². The number of hydrogen-bond donors (Lipinski definition) is 18. The van der Waals surface area contributed by atoms with Gasteiger partial charge in [0, 0.05) is 51.6 Å². The summed E-state index contributed by atoms with van der Waals surface area (Å²) in [6.07, 6.45) is -1.84. The number of nitrogens with two attached hydrogens (primary N) is 4. The van der Waals surface area contributed by atoms with Gasteiger partial charge in [-0.15, -0.1) is 0 Å². The van der Waals surface area contributed by atoms with Gasteiger partial charge in [0.1, 0.15) is 71.9 Å². The normalized spacial score (nSPS) is 14.1. The van der Waals surface area contributed by atoms with Crippen LogP contribution in [0, 0.1) is 5.92 Å². The standard InChI is InChI=1S/C64H93N15O17/c1-6-7-14-43(74-60(92)47(72-52(83)28-29-65)33-39-16-20-41(80)21-17-39)57(89)75-46(25-27-53(84)85)56(88)71-36(4)54(86)70-37(5)55(87)77-48(34-40-18-22-42(81)23-19-40)61(93)76-45(24-26-51(66)82)59(91)73-44(15-11-30-69-64(67)68)58(90)78-49(32-38-12-9-8-10-13-38)62(94)79-50(63(95)96)31-35(2)3/h8-10,12-13,16-23,35-37,43-50,80-81H,6-7,11,14-15,24-34,65H2,1-5H3,(H2,66,82)(H,70,86)(H,71,88)(H,72,83)(H,73,91)(H,74,92)(H,75,89)(H,76,93)(H,77,87)(H,78,90)(H,79,94)(H,84,85)(H,95,96)(H4,67,68,69)/t36-,37-,43-,44-,45-,46-,47-,48-,49-,50-/m0/s1. The van der Waals surface area contributed by atoms with Gasteiger partial charge in [0.25, 0.3) is 0 Å². The van der Waals surface area contributed by atoms with Crippen molar-refractivity contribution in [3.63, 3.8) is 0 Å². The van der Waals surface area contributed by atoms with E-state index >= 15 is 0 Å². The van der Waals surface area contributed by atoms with Crippen LogP contribution in [0.15, 0.2) is 83.9 Å². The lowest BCUT2D eigenvalue weighted by molar-refractivity contribution is -0.143. The Bertz CT molecular complexity index is 3150. The van der Waals surface area contributed by atoms with Crippen molar-refractivity contribution in [2.45, 2.75) is 185 Å². The number of unbranched alkanes of at least 4 members (excludes halogenated alkanes) is 1. The average Bonchev–Trinajstić information content (AvgIpc) is 0.928. The number of amides is 11. The third-order valence-electron chi connectivity index (χ3n) is 14.8. The molecule has 0 saturated heterocycles. The van der Waals surface area contributed by atoms with Crippen LogP contribution in [-0.4, -0.2) is 177 Å². The van der Waals surface area contributed by atoms with E-state index in [2.05, 4.69) is 58.2 Å². The van der Waals surface area contributed by atoms with E-state index < -0.39 is 163 Å². The first-order chi connectivity index (χ1) is 45.4. The maximum absolute atomic E-state index is 14.5. The van der Waals surface area contributed by atoms with Crippen LogP contribution in [0.4, 0.5) is 0 Å². The molecule has 22 N–H and O–H groups in total. The molecular weight excluding hydrogens is 1250 g/mol. The van der Waals surface area contributed by atoms with Crippen molar-refractivity contribution in [1.82, 2.24) is 53.2 Å². The van der Waals surface area contributed by atoms with Crippen LogP contribution >= 0.6 is 0 Å². The van der Waals surface area contributed by atoms with Gasteiger partial charge < -0.3 is 96.5 Å². The minimum absolute atomic E-state index is 0.0285. The molecule has 0 aromatic heterocycles. The van der Waals surface area contributed by atoms with E-state index in [0.29, 0.717) is 29.5 Å². The molecule has 3 aromatic carbocycles. The largest absolute Gasteiger partial charge is 0.508 e. The van der Waals surface area contributed by atoms with Crippen molar-refractivity contribution < 1.29 is 82.8 Å². The molecule has 0 saturated carbocycles. The van der Waals surface area contributed by atoms with E-state index in [9.17, 15) is 82.8 Å². The van der Waals surface area contributed by atoms with Crippen molar-refractivity contribution in [2.75, 3.05) is 13.1 Å². The number of carboxylic acid groups (broad SMARTS) is 2. The number of guanidine groups is 1. The maximum atomic E-state index is 14.5. The Morgan fingerprint density at radius 3 is 1.21 bits per heavy atom. The number of aliphatic carboxylic acids is 2. The minimum atomic E-state index is -1.67. The van der Waals surface area contributed by atoms with Crippen molar-refractivity contribution in [1.29, 1.82) is 0 Å². The highest BCUT2D eigenvalue weighted by Crippen LogP contribution is 2.16. The summed E-state index contributed by atoms with van der Waals surface area (Å²) in [6.45, 7) is 7.71. The van der Waals surface area contributed by atoms with Gasteiger partial charge in [-0.05, 0) is 99.2 Å². The number of benzene rings is 3. The highest BCUT2D eigenvalue weighted by Gasteiger charge is 2.36. The van der Waals surface area contributed by atoms with Gasteiger partial charge in [-0.25, -0.2) is 4.79 Å². The molecule has 32 heteroatoms. The Hall–Kier alpha value is -10.4. The summed E-state index contributed by atoms with van der Waals surface area (Å²) < 4.78 is 0. The highest BCUT2D eigenvalue weighted by molar-refractivity contribution is 5.99. The number of carbonyl (C=O) groups excluding carboxylic acids is 11. The SMILES string of the molecule is CCCC[C@H](NC(=O)[C@H](Cc1ccc(O)cc1)NC(=O)CCN)C(=O)N[C@@H](CCC(=O)O)C(=O)N[C@@H](C)C(=O)N[C@@H](C)C(=O)N[C@@H](Cc1ccc(O)cc1)C(=O)N[C@@H](CCC(N)=O)C(=O)N[C@@H](CCCN=C(N)N)C(=O)N[C@@H](Cc1ccccc1)C(=O)N[C@@H](CC(C)C)C(=O)O. The first-order valence-electron chi connectivity index (χ1n) is 31.5. The molecule has 0 heterocycles. The number of phenolic OH excluding ortho intramolecular Hbond substituents is 2. The molecule has 0 aliphatic heterocycles. The van der Waals surface area contributed by atoms with E-state index in [1.54, 1.807) is 44.2 Å². The summed E-state index contributed by atoms with van der Waals surface area (Å²) >= 11 is 0. The maximum Gasteiger partial charge on any atom is 0.326 e. The zero-order chi connectivity index (χ0) is 71.6. The number of primary amides is 1. The summed E-state index contributed by atoms with van der Waals surface area (Å²) in [6, 6.07) is 5.07. The molecule has 0 aliphatic rings. The molecule has 32 nitrogen and oxygen atoms in total. The topological polar surface area (TPSA) is 540 Å². The summed E-state index contributed by atoms with van der Waals surface area (Å²) in [5, 5.41) is 64.6. The van der Waals surface area contributed by atoms with Crippen molar-refractivity contribution in [3.05, 3.63) is 95.6 Å². The summed E-state index contributed by atoms with van der Waals surface area (Å²) in [5.41, 5.74) is 23.6. The van der Waals surface area contributed by atoms with Crippen LogP contribution in [0.2, 0.25) is 0 Å². The molecule has 0 radical (unpaired) electrons. The molecule has 10 atom stereocenters. The fourth-order valence-corrected chi connectivity index (χ4v) is 9.56. The highest BCUT2D eigenvalue weighted by atomic mass is 16.4. The van der Waals surface area contributed by atoms with Crippen LogP contribution in [0.5, 0.6) is 11.5 Å². The number of hydrogen-bond acceptors (Lipinski definition) is 17. The van der Waals surface area contributed by atoms with E-state index in [1.807, 2.05) is 6.92 Å². The molecule has 3 aromatic rings. The van der Waals surface area contributed by atoms with Crippen molar-refractivity contribution in [2.24, 2.45) is 33.8 Å². The predicted octanol–water partition coefficient (Wildman–Crippen LogP) is -2.13. The van der Waals surface area contributed by atoms with Crippen molar-refractivity contribution in [3.8, 4) is 11.5 Å². The van der Waals surface area contributed by atoms with Gasteiger partial charge in [0.15, 0.2) is 5.96 Å². The van der Waals surface area contributed by atoms with Gasteiger partial charge in [-0.1, -0.05) is 88.2 Å². The Morgan fingerprint density at radius 1 is 0.427 bits per heavy atom. The third kappa shape index (κ3) is 30.1. The van der Waals surface area contributed by atoms with Crippen molar-refractivity contribution >= 4 is 82.9 Å². The fraction of sp³-hybridized carbons (Fsp3) is 0.500. The van der Waals surface area contributed by atoms with Gasteiger partial charge in [-0.2, -0.15) is 0 Å². The quantitative estimate of drug-likeness (QED) is 0.0163. The lowest BCUT2D eigenvalue weighted by Gasteiger charge is -2.27. The van der Waals surface area contributed by atoms with Crippen LogP contribution in [-0.2, 0) is 81.6 Å². The van der Waals surface area contributed by atoms with E-state index in [0.717, 1.165) is 0 Å². The molecule has 11 amide bonds. The second-order valence-corrected chi connectivity index (χ2v) is 23.5. The number of nitrogens with one attached hydrogen (secondary N) is 10. The fourth-order valence-electron chi connectivity index (χ4n) is 9.56. The smallest absolute Gasteiger partial charge is 0.326 e. The van der Waals surface area contributed by atoms with Gasteiger partial charge >= 0.3 is 11.9 Å². The summed E-state index contributed by atoms with van der Waals surface area (Å²) in [4.78, 5) is 180. The number of carbonyl (C=O) groups is 13.